The molecule has 0 radical (unpaired) electrons. The first-order valence-electron chi connectivity index (χ1n) is 8.28. The zero-order valence-electron chi connectivity index (χ0n) is 14.3. The number of alkyl halides is 2. The van der Waals surface area contributed by atoms with Crippen LogP contribution in [-0.4, -0.2) is 37.8 Å². The number of aryl methyl sites for hydroxylation is 1. The van der Waals surface area contributed by atoms with Gasteiger partial charge in [0.1, 0.15) is 12.4 Å². The summed E-state index contributed by atoms with van der Waals surface area (Å²) in [6, 6.07) is 3.29. The Kier molecular flexibility index (Phi) is 5.01. The molecule has 0 bridgehead atoms. The van der Waals surface area contributed by atoms with E-state index >= 15 is 0 Å². The summed E-state index contributed by atoms with van der Waals surface area (Å²) in [7, 11) is 0. The predicted octanol–water partition coefficient (Wildman–Crippen LogP) is 2.56. The third-order valence-corrected chi connectivity index (χ3v) is 4.13. The summed E-state index contributed by atoms with van der Waals surface area (Å²) >= 11 is 0. The molecule has 0 atom stereocenters. The second kappa shape index (κ2) is 7.22. The molecule has 26 heavy (non-hydrogen) atoms. The minimum Gasteiger partial charge on any atom is -0.443 e. The van der Waals surface area contributed by atoms with Crippen molar-refractivity contribution in [1.29, 1.82) is 0 Å². The fraction of sp³-hybridized carbons (Fsp3) is 0.500. The van der Waals surface area contributed by atoms with Crippen molar-refractivity contribution >= 4 is 11.9 Å². The molecule has 1 saturated carbocycles. The molecule has 140 valence electrons. The van der Waals surface area contributed by atoms with Gasteiger partial charge in [-0.1, -0.05) is 0 Å². The van der Waals surface area contributed by atoms with Gasteiger partial charge in [0.2, 0.25) is 5.92 Å². The van der Waals surface area contributed by atoms with Crippen molar-refractivity contribution in [3.63, 3.8) is 0 Å². The molecule has 8 nitrogen and oxygen atoms in total. The van der Waals surface area contributed by atoms with Gasteiger partial charge in [-0.05, 0) is 25.8 Å². The van der Waals surface area contributed by atoms with Gasteiger partial charge >= 0.3 is 6.09 Å². The number of nitrogens with two attached hydrogens (primary N) is 1. The number of aromatic nitrogens is 4. The van der Waals surface area contributed by atoms with Crippen LogP contribution >= 0.6 is 0 Å². The van der Waals surface area contributed by atoms with Crippen molar-refractivity contribution in [3.8, 4) is 5.95 Å². The summed E-state index contributed by atoms with van der Waals surface area (Å²) in [6.07, 6.45) is 1.18. The summed E-state index contributed by atoms with van der Waals surface area (Å²) in [5.41, 5.74) is 6.21. The zero-order chi connectivity index (χ0) is 18.7. The largest absolute Gasteiger partial charge is 0.443 e. The van der Waals surface area contributed by atoms with Gasteiger partial charge < -0.3 is 15.8 Å². The number of hydrogen-bond donors (Lipinski definition) is 2. The van der Waals surface area contributed by atoms with Crippen LogP contribution in [0.3, 0.4) is 0 Å². The first-order chi connectivity index (χ1) is 12.3. The maximum atomic E-state index is 13.3. The molecule has 0 unspecified atom stereocenters. The fourth-order valence-corrected chi connectivity index (χ4v) is 2.80. The number of carbonyl (C=O) groups is 1. The minimum absolute atomic E-state index is 0.110. The summed E-state index contributed by atoms with van der Waals surface area (Å²) < 4.78 is 32.9. The molecule has 0 aromatic carbocycles. The fourth-order valence-electron chi connectivity index (χ4n) is 2.80. The van der Waals surface area contributed by atoms with Crippen LogP contribution in [0.1, 0.15) is 37.1 Å². The number of amides is 1. The van der Waals surface area contributed by atoms with Crippen LogP contribution in [0.5, 0.6) is 0 Å². The second-order valence-electron chi connectivity index (χ2n) is 6.33. The smallest absolute Gasteiger partial charge is 0.404 e. The second-order valence-corrected chi connectivity index (χ2v) is 6.33. The van der Waals surface area contributed by atoms with Gasteiger partial charge in [0.05, 0.1) is 11.4 Å². The van der Waals surface area contributed by atoms with Crippen LogP contribution < -0.4 is 11.1 Å². The predicted molar refractivity (Wildman–Crippen MR) is 89.1 cm³/mol. The Morgan fingerprint density at radius 3 is 2.77 bits per heavy atom. The van der Waals surface area contributed by atoms with Crippen molar-refractivity contribution < 1.29 is 18.3 Å². The Morgan fingerprint density at radius 1 is 1.42 bits per heavy atom. The molecular formula is C16H20F2N6O2. The number of nitrogens with zero attached hydrogens (tertiary/aromatic N) is 4. The van der Waals surface area contributed by atoms with Crippen molar-refractivity contribution in [3.05, 3.63) is 29.7 Å². The summed E-state index contributed by atoms with van der Waals surface area (Å²) in [4.78, 5) is 19.5. The average molecular weight is 366 g/mol. The van der Waals surface area contributed by atoms with Crippen molar-refractivity contribution in [1.82, 2.24) is 19.7 Å². The molecule has 10 heteroatoms. The third kappa shape index (κ3) is 4.64. The Bertz CT molecular complexity index is 785. The number of rotatable bonds is 5. The maximum absolute atomic E-state index is 13.3. The molecule has 2 aromatic heterocycles. The summed E-state index contributed by atoms with van der Waals surface area (Å²) in [5, 5.41) is 7.42. The lowest BCUT2D eigenvalue weighted by molar-refractivity contribution is -0.0361. The van der Waals surface area contributed by atoms with E-state index in [-0.39, 0.29) is 31.4 Å². The number of ether oxygens (including phenoxy) is 1. The van der Waals surface area contributed by atoms with Crippen molar-refractivity contribution in [2.45, 2.75) is 51.2 Å². The lowest BCUT2D eigenvalue weighted by atomic mass is 9.92. The Morgan fingerprint density at radius 2 is 2.15 bits per heavy atom. The molecular weight excluding hydrogens is 346 g/mol. The van der Waals surface area contributed by atoms with E-state index in [1.807, 2.05) is 6.92 Å². The quantitative estimate of drug-likeness (QED) is 0.842. The van der Waals surface area contributed by atoms with E-state index in [1.165, 1.54) is 4.68 Å². The summed E-state index contributed by atoms with van der Waals surface area (Å²) in [5.74, 6) is -1.85. The third-order valence-electron chi connectivity index (χ3n) is 4.13. The van der Waals surface area contributed by atoms with Crippen LogP contribution in [0.15, 0.2) is 18.3 Å². The first-order valence-corrected chi connectivity index (χ1v) is 8.28. The molecule has 3 rings (SSSR count). The highest BCUT2D eigenvalue weighted by atomic mass is 19.3. The first kappa shape index (κ1) is 18.0. The lowest BCUT2D eigenvalue weighted by Crippen LogP contribution is -2.32. The molecule has 0 spiro atoms. The Hall–Kier alpha value is -2.78. The van der Waals surface area contributed by atoms with Crippen molar-refractivity contribution in [2.24, 2.45) is 5.73 Å². The van der Waals surface area contributed by atoms with E-state index in [4.69, 9.17) is 10.5 Å². The molecule has 1 amide bonds. The van der Waals surface area contributed by atoms with Gasteiger partial charge in [0.15, 0.2) is 0 Å². The van der Waals surface area contributed by atoms with E-state index < -0.39 is 12.0 Å². The van der Waals surface area contributed by atoms with Crippen LogP contribution in [0.25, 0.3) is 5.95 Å². The molecule has 2 aromatic rings. The van der Waals surface area contributed by atoms with Crippen LogP contribution in [0.2, 0.25) is 0 Å². The lowest BCUT2D eigenvalue weighted by Gasteiger charge is -2.29. The molecule has 0 aliphatic heterocycles. The monoisotopic (exact) mass is 366 g/mol. The molecule has 1 fully saturated rings. The maximum Gasteiger partial charge on any atom is 0.404 e. The van der Waals surface area contributed by atoms with Gasteiger partial charge in [-0.3, -0.25) is 0 Å². The van der Waals surface area contributed by atoms with Crippen LogP contribution in [0.4, 0.5) is 19.4 Å². The van der Waals surface area contributed by atoms with Gasteiger partial charge in [0.25, 0.3) is 5.95 Å². The number of nitrogens with one attached hydrogen (secondary N) is 1. The zero-order valence-corrected chi connectivity index (χ0v) is 14.3. The van der Waals surface area contributed by atoms with Gasteiger partial charge in [-0.25, -0.2) is 23.2 Å². The number of hydrogen-bond acceptors (Lipinski definition) is 6. The van der Waals surface area contributed by atoms with Gasteiger partial charge in [0, 0.05) is 31.1 Å². The van der Waals surface area contributed by atoms with Crippen LogP contribution in [-0.2, 0) is 11.3 Å². The van der Waals surface area contributed by atoms with E-state index in [0.717, 1.165) is 5.69 Å². The van der Waals surface area contributed by atoms with E-state index in [2.05, 4.69) is 20.4 Å². The molecule has 1 aliphatic carbocycles. The number of anilines is 1. The van der Waals surface area contributed by atoms with E-state index in [0.29, 0.717) is 24.4 Å². The Balaban J connectivity index is 1.81. The molecule has 0 saturated heterocycles. The van der Waals surface area contributed by atoms with E-state index in [1.54, 1.807) is 18.3 Å². The normalized spacial score (nSPS) is 17.0. The number of primary amides is 1. The molecule has 1 aliphatic rings. The highest BCUT2D eigenvalue weighted by Gasteiger charge is 2.35. The average Bonchev–Trinajstić information content (AvgIpc) is 3.01. The van der Waals surface area contributed by atoms with Gasteiger partial charge in [-0.2, -0.15) is 10.1 Å². The number of halogens is 2. The van der Waals surface area contributed by atoms with Crippen molar-refractivity contribution in [2.75, 3.05) is 5.32 Å². The number of carbonyl (C=O) groups excluding carboxylic acids is 1. The van der Waals surface area contributed by atoms with E-state index in [9.17, 15) is 13.6 Å². The minimum atomic E-state index is -2.60. The summed E-state index contributed by atoms with van der Waals surface area (Å²) in [6.45, 7) is 1.71. The highest BCUT2D eigenvalue weighted by molar-refractivity contribution is 5.64. The SMILES string of the molecule is Cc1ccn(-c2nc(COC(N)=O)cc(NC3CCC(F)(F)CC3)n2)n1. The van der Waals surface area contributed by atoms with Gasteiger partial charge in [-0.15, -0.1) is 0 Å². The molecule has 2 heterocycles. The topological polar surface area (TPSA) is 108 Å². The van der Waals surface area contributed by atoms with Crippen LogP contribution in [0, 0.1) is 6.92 Å². The standard InChI is InChI=1S/C16H20F2N6O2/c1-10-4-7-24(23-10)15-21-12(9-26-14(19)25)8-13(22-15)20-11-2-5-16(17,18)6-3-11/h4,7-8,11H,2-3,5-6,9H2,1H3,(H2,19,25)(H,20,21,22). The highest BCUT2D eigenvalue weighted by Crippen LogP contribution is 2.34. The molecule has 3 N–H and O–H groups in total. The Labute approximate surface area is 148 Å².